The van der Waals surface area contributed by atoms with Gasteiger partial charge in [0.1, 0.15) is 11.6 Å². The van der Waals surface area contributed by atoms with E-state index in [4.69, 9.17) is 4.74 Å². The summed E-state index contributed by atoms with van der Waals surface area (Å²) in [4.78, 5) is 25.7. The standard InChI is InChI=1S/C26H24F2N2O4S/c1-5-29-24(31)22-12-17-23(35-22)18(13-30(4)25(17)32)16-10-14(26(2,3)33)6-8-20(16)34-21-9-7-15(27)11-19(21)28/h6-13,33H,5H2,1-4H3,(H,29,31). The van der Waals surface area contributed by atoms with Gasteiger partial charge in [0.15, 0.2) is 11.6 Å². The van der Waals surface area contributed by atoms with Gasteiger partial charge in [-0.1, -0.05) is 6.07 Å². The maximum atomic E-state index is 14.4. The zero-order valence-corrected chi connectivity index (χ0v) is 20.4. The van der Waals surface area contributed by atoms with Gasteiger partial charge in [-0.05, 0) is 56.7 Å². The van der Waals surface area contributed by atoms with E-state index in [0.29, 0.717) is 38.2 Å². The first-order valence-electron chi connectivity index (χ1n) is 10.9. The Morgan fingerprint density at radius 2 is 1.83 bits per heavy atom. The van der Waals surface area contributed by atoms with Crippen molar-refractivity contribution in [2.45, 2.75) is 26.4 Å². The molecule has 0 atom stereocenters. The molecule has 0 spiro atoms. The van der Waals surface area contributed by atoms with E-state index >= 15 is 0 Å². The number of amides is 1. The Morgan fingerprint density at radius 1 is 1.11 bits per heavy atom. The van der Waals surface area contributed by atoms with Crippen LogP contribution in [0.15, 0.2) is 53.5 Å². The van der Waals surface area contributed by atoms with Crippen molar-refractivity contribution in [1.82, 2.24) is 9.88 Å². The monoisotopic (exact) mass is 498 g/mol. The third-order valence-electron chi connectivity index (χ3n) is 5.50. The number of hydrogen-bond donors (Lipinski definition) is 2. The molecule has 1 amide bonds. The van der Waals surface area contributed by atoms with E-state index in [1.54, 1.807) is 58.3 Å². The van der Waals surface area contributed by atoms with E-state index in [1.807, 2.05) is 0 Å². The topological polar surface area (TPSA) is 80.6 Å². The van der Waals surface area contributed by atoms with Crippen LogP contribution in [0, 0.1) is 11.6 Å². The highest BCUT2D eigenvalue weighted by Gasteiger charge is 2.23. The Labute approximate surface area is 204 Å². The second-order valence-electron chi connectivity index (χ2n) is 8.62. The second kappa shape index (κ2) is 9.24. The average molecular weight is 499 g/mol. The Kier molecular flexibility index (Phi) is 6.48. The minimum atomic E-state index is -1.20. The van der Waals surface area contributed by atoms with Gasteiger partial charge in [-0.2, -0.15) is 0 Å². The number of carbonyl (C=O) groups excluding carboxylic acids is 1. The number of fused-ring (bicyclic) bond motifs is 1. The van der Waals surface area contributed by atoms with Crippen LogP contribution in [0.1, 0.15) is 36.0 Å². The largest absolute Gasteiger partial charge is 0.454 e. The highest BCUT2D eigenvalue weighted by molar-refractivity contribution is 7.21. The molecule has 6 nitrogen and oxygen atoms in total. The van der Waals surface area contributed by atoms with Crippen LogP contribution >= 0.6 is 11.3 Å². The lowest BCUT2D eigenvalue weighted by Crippen LogP contribution is -2.21. The molecule has 2 N–H and O–H groups in total. The van der Waals surface area contributed by atoms with Crippen LogP contribution in [0.2, 0.25) is 0 Å². The highest BCUT2D eigenvalue weighted by atomic mass is 32.1. The molecule has 4 aromatic rings. The van der Waals surface area contributed by atoms with Crippen LogP contribution in [0.4, 0.5) is 8.78 Å². The summed E-state index contributed by atoms with van der Waals surface area (Å²) in [5, 5.41) is 13.7. The lowest BCUT2D eigenvalue weighted by Gasteiger charge is -2.21. The van der Waals surface area contributed by atoms with Crippen LogP contribution in [0.25, 0.3) is 21.2 Å². The van der Waals surface area contributed by atoms with Gasteiger partial charge in [0.25, 0.3) is 11.5 Å². The fraction of sp³-hybridized carbons (Fsp3) is 0.231. The fourth-order valence-corrected chi connectivity index (χ4v) is 4.78. The molecule has 2 heterocycles. The Morgan fingerprint density at radius 3 is 2.49 bits per heavy atom. The van der Waals surface area contributed by atoms with Gasteiger partial charge in [-0.3, -0.25) is 9.59 Å². The first kappa shape index (κ1) is 24.6. The number of ether oxygens (including phenoxy) is 1. The lowest BCUT2D eigenvalue weighted by atomic mass is 9.94. The summed E-state index contributed by atoms with van der Waals surface area (Å²) < 4.78 is 35.6. The van der Waals surface area contributed by atoms with Crippen molar-refractivity contribution >= 4 is 27.3 Å². The predicted octanol–water partition coefficient (Wildman–Crippen LogP) is 5.31. The second-order valence-corrected chi connectivity index (χ2v) is 9.67. The minimum Gasteiger partial charge on any atom is -0.454 e. The van der Waals surface area contributed by atoms with Crippen molar-refractivity contribution < 1.29 is 23.4 Å². The molecular weight excluding hydrogens is 474 g/mol. The van der Waals surface area contributed by atoms with Gasteiger partial charge in [-0.25, -0.2) is 8.78 Å². The van der Waals surface area contributed by atoms with Gasteiger partial charge in [0.2, 0.25) is 0 Å². The minimum absolute atomic E-state index is 0.182. The third kappa shape index (κ3) is 4.82. The number of halogens is 2. The van der Waals surface area contributed by atoms with E-state index < -0.39 is 17.2 Å². The first-order valence-corrected chi connectivity index (χ1v) is 11.7. The summed E-state index contributed by atoms with van der Waals surface area (Å²) in [5.74, 6) is -1.85. The molecular formula is C26H24F2N2O4S. The molecule has 2 aromatic carbocycles. The quantitative estimate of drug-likeness (QED) is 0.377. The number of nitrogens with zero attached hydrogens (tertiary/aromatic N) is 1. The molecule has 0 bridgehead atoms. The third-order valence-corrected chi connectivity index (χ3v) is 6.67. The molecule has 0 unspecified atom stereocenters. The van der Waals surface area contributed by atoms with Crippen molar-refractivity contribution in [2.24, 2.45) is 7.05 Å². The van der Waals surface area contributed by atoms with Gasteiger partial charge < -0.3 is 19.7 Å². The highest BCUT2D eigenvalue weighted by Crippen LogP contribution is 2.41. The predicted molar refractivity (Wildman–Crippen MR) is 132 cm³/mol. The molecule has 0 radical (unpaired) electrons. The van der Waals surface area contributed by atoms with Crippen LogP contribution < -0.4 is 15.6 Å². The Hall–Kier alpha value is -3.56. The maximum Gasteiger partial charge on any atom is 0.261 e. The number of hydrogen-bond acceptors (Lipinski definition) is 5. The molecule has 0 aliphatic carbocycles. The van der Waals surface area contributed by atoms with Gasteiger partial charge in [0, 0.05) is 37.0 Å². The number of aliphatic hydroxyl groups is 1. The summed E-state index contributed by atoms with van der Waals surface area (Å²) in [7, 11) is 1.59. The number of benzene rings is 2. The van der Waals surface area contributed by atoms with Crippen molar-refractivity contribution in [3.8, 4) is 22.6 Å². The number of pyridine rings is 1. The first-order chi connectivity index (χ1) is 16.5. The van der Waals surface area contributed by atoms with Crippen molar-refractivity contribution in [3.63, 3.8) is 0 Å². The van der Waals surface area contributed by atoms with Crippen LogP contribution in [0.3, 0.4) is 0 Å². The molecule has 182 valence electrons. The molecule has 35 heavy (non-hydrogen) atoms. The summed E-state index contributed by atoms with van der Waals surface area (Å²) in [5.41, 5.74) is 0.114. The fourth-order valence-electron chi connectivity index (χ4n) is 3.69. The maximum absolute atomic E-state index is 14.4. The van der Waals surface area contributed by atoms with E-state index in [2.05, 4.69) is 5.32 Å². The Bertz CT molecular complexity index is 1500. The SMILES string of the molecule is CCNC(=O)c1cc2c(=O)n(C)cc(-c3cc(C(C)(C)O)ccc3Oc3ccc(F)cc3F)c2s1. The zero-order chi connectivity index (χ0) is 25.5. The van der Waals surface area contributed by atoms with E-state index in [-0.39, 0.29) is 23.0 Å². The smallest absolute Gasteiger partial charge is 0.261 e. The molecule has 0 fully saturated rings. The van der Waals surface area contributed by atoms with Crippen molar-refractivity contribution in [2.75, 3.05) is 6.54 Å². The molecule has 0 saturated heterocycles. The molecule has 0 saturated carbocycles. The average Bonchev–Trinajstić information content (AvgIpc) is 3.24. The number of carbonyl (C=O) groups is 1. The summed E-state index contributed by atoms with van der Waals surface area (Å²) in [6, 6.07) is 9.48. The van der Waals surface area contributed by atoms with Crippen LogP contribution in [-0.4, -0.2) is 22.1 Å². The summed E-state index contributed by atoms with van der Waals surface area (Å²) >= 11 is 1.16. The number of nitrogens with one attached hydrogen (secondary N) is 1. The summed E-state index contributed by atoms with van der Waals surface area (Å²) in [6.07, 6.45) is 1.61. The van der Waals surface area contributed by atoms with E-state index in [1.165, 1.54) is 10.6 Å². The molecule has 0 aliphatic heterocycles. The van der Waals surface area contributed by atoms with Gasteiger partial charge in [0.05, 0.1) is 20.6 Å². The number of aryl methyl sites for hydroxylation is 1. The number of thiophene rings is 1. The Balaban J connectivity index is 1.98. The van der Waals surface area contributed by atoms with Crippen molar-refractivity contribution in [1.29, 1.82) is 0 Å². The van der Waals surface area contributed by atoms with Gasteiger partial charge >= 0.3 is 0 Å². The molecule has 2 aromatic heterocycles. The van der Waals surface area contributed by atoms with E-state index in [0.717, 1.165) is 23.5 Å². The molecule has 4 rings (SSSR count). The van der Waals surface area contributed by atoms with E-state index in [9.17, 15) is 23.5 Å². The zero-order valence-electron chi connectivity index (χ0n) is 19.6. The van der Waals surface area contributed by atoms with Gasteiger partial charge in [-0.15, -0.1) is 11.3 Å². The van der Waals surface area contributed by atoms with Crippen LogP contribution in [-0.2, 0) is 12.6 Å². The normalized spacial score (nSPS) is 11.6. The molecule has 0 aliphatic rings. The molecule has 9 heteroatoms. The lowest BCUT2D eigenvalue weighted by molar-refractivity contribution is 0.0786. The summed E-state index contributed by atoms with van der Waals surface area (Å²) in [6.45, 7) is 5.49. The number of rotatable bonds is 6. The number of aromatic nitrogens is 1. The van der Waals surface area contributed by atoms with Crippen molar-refractivity contribution in [3.05, 3.63) is 81.1 Å². The van der Waals surface area contributed by atoms with Crippen LogP contribution in [0.5, 0.6) is 11.5 Å².